The Morgan fingerprint density at radius 2 is 1.47 bits per heavy atom. The Labute approximate surface area is 200 Å². The van der Waals surface area contributed by atoms with Gasteiger partial charge < -0.3 is 24.0 Å². The lowest BCUT2D eigenvalue weighted by atomic mass is 10.2. The first-order chi connectivity index (χ1) is 16.4. The van der Waals surface area contributed by atoms with Crippen LogP contribution in [0.25, 0.3) is 0 Å². The second-order valence-electron chi connectivity index (χ2n) is 8.26. The number of hydrogen-bond donors (Lipinski definition) is 0. The molecule has 1 atom stereocenters. The van der Waals surface area contributed by atoms with E-state index in [-0.39, 0.29) is 10.8 Å². The summed E-state index contributed by atoms with van der Waals surface area (Å²) in [5.74, 6) is 1.14. The van der Waals surface area contributed by atoms with Crippen LogP contribution in [-0.2, 0) is 19.6 Å². The van der Waals surface area contributed by atoms with Crippen LogP contribution in [0.4, 0.5) is 5.69 Å². The van der Waals surface area contributed by atoms with Gasteiger partial charge in [0.15, 0.2) is 6.10 Å². The molecule has 0 N–H and O–H groups in total. The van der Waals surface area contributed by atoms with Crippen LogP contribution >= 0.6 is 0 Å². The molecule has 34 heavy (non-hydrogen) atoms. The minimum Gasteiger partial charge on any atom is -0.497 e. The van der Waals surface area contributed by atoms with Gasteiger partial charge in [0.2, 0.25) is 10.0 Å². The van der Waals surface area contributed by atoms with Crippen molar-refractivity contribution in [3.05, 3.63) is 48.5 Å². The minimum absolute atomic E-state index is 0.102. The second-order valence-corrected chi connectivity index (χ2v) is 10.2. The third-order valence-electron chi connectivity index (χ3n) is 6.12. The van der Waals surface area contributed by atoms with Crippen molar-refractivity contribution in [2.75, 3.05) is 64.5 Å². The molecule has 4 rings (SSSR count). The predicted octanol–water partition coefficient (Wildman–Crippen LogP) is 1.83. The van der Waals surface area contributed by atoms with Gasteiger partial charge in [-0.25, -0.2) is 8.42 Å². The van der Waals surface area contributed by atoms with E-state index in [1.54, 1.807) is 31.1 Å². The standard InChI is InChI=1S/C24H31N3O6S/c1-19(24(28)26-15-17-32-18-16-26)33-22-7-9-23(10-8-22)34(29,30)27-13-11-25(12-14-27)20-3-5-21(31-2)6-4-20/h3-10,19H,11-18H2,1-2H3/t19-/m0/s1. The smallest absolute Gasteiger partial charge is 0.263 e. The highest BCUT2D eigenvalue weighted by Crippen LogP contribution is 2.24. The molecule has 0 saturated carbocycles. The Kier molecular flexibility index (Phi) is 7.60. The van der Waals surface area contributed by atoms with Gasteiger partial charge in [0, 0.05) is 45.0 Å². The van der Waals surface area contributed by atoms with E-state index in [0.717, 1.165) is 11.4 Å². The molecule has 2 aliphatic rings. The van der Waals surface area contributed by atoms with Crippen LogP contribution in [0.15, 0.2) is 53.4 Å². The molecule has 0 spiro atoms. The quantitative estimate of drug-likeness (QED) is 0.586. The molecule has 2 aromatic carbocycles. The first kappa shape index (κ1) is 24.3. The maximum Gasteiger partial charge on any atom is 0.263 e. The summed E-state index contributed by atoms with van der Waals surface area (Å²) in [6.45, 7) is 5.87. The second kappa shape index (κ2) is 10.6. The minimum atomic E-state index is -3.61. The zero-order valence-corrected chi connectivity index (χ0v) is 20.4. The van der Waals surface area contributed by atoms with Gasteiger partial charge in [-0.05, 0) is 55.5 Å². The summed E-state index contributed by atoms with van der Waals surface area (Å²) in [6, 6.07) is 14.0. The van der Waals surface area contributed by atoms with Crippen molar-refractivity contribution in [3.63, 3.8) is 0 Å². The fourth-order valence-corrected chi connectivity index (χ4v) is 5.54. The maximum atomic E-state index is 13.1. The van der Waals surface area contributed by atoms with E-state index in [2.05, 4.69) is 4.90 Å². The number of benzene rings is 2. The number of anilines is 1. The van der Waals surface area contributed by atoms with Crippen LogP contribution in [-0.4, -0.2) is 89.2 Å². The average molecular weight is 490 g/mol. The fraction of sp³-hybridized carbons (Fsp3) is 0.458. The molecule has 0 bridgehead atoms. The number of nitrogens with zero attached hydrogens (tertiary/aromatic N) is 3. The molecule has 10 heteroatoms. The zero-order chi connectivity index (χ0) is 24.1. The number of rotatable bonds is 7. The number of ether oxygens (including phenoxy) is 3. The number of methoxy groups -OCH3 is 1. The molecule has 0 unspecified atom stereocenters. The van der Waals surface area contributed by atoms with Crippen molar-refractivity contribution < 1.29 is 27.4 Å². The van der Waals surface area contributed by atoms with Gasteiger partial charge in [-0.2, -0.15) is 4.31 Å². The molecule has 2 fully saturated rings. The van der Waals surface area contributed by atoms with E-state index in [4.69, 9.17) is 14.2 Å². The molecule has 0 aromatic heterocycles. The lowest BCUT2D eigenvalue weighted by molar-refractivity contribution is -0.142. The summed E-state index contributed by atoms with van der Waals surface area (Å²) >= 11 is 0. The summed E-state index contributed by atoms with van der Waals surface area (Å²) < 4.78 is 44.0. The molecule has 184 valence electrons. The van der Waals surface area contributed by atoms with E-state index in [1.165, 1.54) is 16.4 Å². The molecule has 2 aliphatic heterocycles. The summed E-state index contributed by atoms with van der Waals surface area (Å²) in [5.41, 5.74) is 1.04. The number of carbonyl (C=O) groups is 1. The SMILES string of the molecule is COc1ccc(N2CCN(S(=O)(=O)c3ccc(O[C@@H](C)C(=O)N4CCOCC4)cc3)CC2)cc1. The Morgan fingerprint density at radius 3 is 2.06 bits per heavy atom. The van der Waals surface area contributed by atoms with Gasteiger partial charge in [0.05, 0.1) is 25.2 Å². The highest BCUT2D eigenvalue weighted by Gasteiger charge is 2.29. The van der Waals surface area contributed by atoms with Crippen LogP contribution in [0.5, 0.6) is 11.5 Å². The van der Waals surface area contributed by atoms with E-state index >= 15 is 0 Å². The van der Waals surface area contributed by atoms with Gasteiger partial charge in [0.1, 0.15) is 11.5 Å². The third kappa shape index (κ3) is 5.45. The topological polar surface area (TPSA) is 88.6 Å². The van der Waals surface area contributed by atoms with Gasteiger partial charge in [-0.1, -0.05) is 0 Å². The van der Waals surface area contributed by atoms with Crippen molar-refractivity contribution in [1.82, 2.24) is 9.21 Å². The number of hydrogen-bond acceptors (Lipinski definition) is 7. The number of sulfonamides is 1. The summed E-state index contributed by atoms with van der Waals surface area (Å²) in [5, 5.41) is 0. The lowest BCUT2D eigenvalue weighted by Gasteiger charge is -2.35. The Hall–Kier alpha value is -2.82. The predicted molar refractivity (Wildman–Crippen MR) is 128 cm³/mol. The largest absolute Gasteiger partial charge is 0.497 e. The Morgan fingerprint density at radius 1 is 0.882 bits per heavy atom. The molecule has 0 radical (unpaired) electrons. The van der Waals surface area contributed by atoms with E-state index < -0.39 is 16.1 Å². The molecule has 2 saturated heterocycles. The fourth-order valence-electron chi connectivity index (χ4n) is 4.11. The molecular formula is C24H31N3O6S. The highest BCUT2D eigenvalue weighted by molar-refractivity contribution is 7.89. The number of morpholine rings is 1. The number of carbonyl (C=O) groups excluding carboxylic acids is 1. The zero-order valence-electron chi connectivity index (χ0n) is 19.6. The Balaban J connectivity index is 1.34. The van der Waals surface area contributed by atoms with Crippen LogP contribution in [0.2, 0.25) is 0 Å². The summed E-state index contributed by atoms with van der Waals surface area (Å²) in [6.07, 6.45) is -0.661. The van der Waals surface area contributed by atoms with Gasteiger partial charge >= 0.3 is 0 Å². The molecule has 2 aromatic rings. The van der Waals surface area contributed by atoms with Crippen LogP contribution in [0.3, 0.4) is 0 Å². The molecular weight excluding hydrogens is 458 g/mol. The third-order valence-corrected chi connectivity index (χ3v) is 8.03. The number of amides is 1. The highest BCUT2D eigenvalue weighted by atomic mass is 32.2. The van der Waals surface area contributed by atoms with Crippen molar-refractivity contribution in [2.45, 2.75) is 17.9 Å². The van der Waals surface area contributed by atoms with Crippen LogP contribution < -0.4 is 14.4 Å². The van der Waals surface area contributed by atoms with Crippen molar-refractivity contribution >= 4 is 21.6 Å². The van der Waals surface area contributed by atoms with Crippen molar-refractivity contribution in [3.8, 4) is 11.5 Å². The lowest BCUT2D eigenvalue weighted by Crippen LogP contribution is -2.48. The summed E-state index contributed by atoms with van der Waals surface area (Å²) in [4.78, 5) is 16.6. The van der Waals surface area contributed by atoms with E-state index in [0.29, 0.717) is 58.2 Å². The normalized spacial score (nSPS) is 18.4. The molecule has 9 nitrogen and oxygen atoms in total. The van der Waals surface area contributed by atoms with Crippen LogP contribution in [0.1, 0.15) is 6.92 Å². The Bertz CT molecular complexity index is 1060. The van der Waals surface area contributed by atoms with Gasteiger partial charge in [-0.15, -0.1) is 0 Å². The molecule has 1 amide bonds. The molecule has 0 aliphatic carbocycles. The average Bonchev–Trinajstić information content (AvgIpc) is 2.89. The maximum absolute atomic E-state index is 13.1. The van der Waals surface area contributed by atoms with Crippen molar-refractivity contribution in [1.29, 1.82) is 0 Å². The van der Waals surface area contributed by atoms with E-state index in [9.17, 15) is 13.2 Å². The van der Waals surface area contributed by atoms with E-state index in [1.807, 2.05) is 24.3 Å². The van der Waals surface area contributed by atoms with Crippen LogP contribution in [0, 0.1) is 0 Å². The molecule has 2 heterocycles. The first-order valence-electron chi connectivity index (χ1n) is 11.4. The summed E-state index contributed by atoms with van der Waals surface area (Å²) in [7, 11) is -1.99. The van der Waals surface area contributed by atoms with Gasteiger partial charge in [-0.3, -0.25) is 4.79 Å². The monoisotopic (exact) mass is 489 g/mol. The number of piperazine rings is 1. The van der Waals surface area contributed by atoms with Gasteiger partial charge in [0.25, 0.3) is 5.91 Å². The first-order valence-corrected chi connectivity index (χ1v) is 12.8. The van der Waals surface area contributed by atoms with Crippen molar-refractivity contribution in [2.24, 2.45) is 0 Å².